The summed E-state index contributed by atoms with van der Waals surface area (Å²) in [4.78, 5) is 39.3. The third kappa shape index (κ3) is 17.7. The molecule has 3 atom stereocenters. The third-order valence-corrected chi connectivity index (χ3v) is 12.2. The van der Waals surface area contributed by atoms with E-state index in [-0.39, 0.29) is 90.7 Å². The SMILES string of the molecule is C.C.CCCN=C1N(c2ccccc2C)C(=O)/C(=C/c2ccc(OC[C@H](O)CO)c(Cl)c2)S1=O.CCCN=C1S/C(=C\c2ccc(OC[C@H](O)CO)c(Cl)c2)C(=O)N1c1ccccc1C.OO.[Na+].[OH-]. The number of benzene rings is 4. The summed E-state index contributed by atoms with van der Waals surface area (Å²) in [5, 5.41) is 50.1. The van der Waals surface area contributed by atoms with Gasteiger partial charge in [-0.25, -0.2) is 4.21 Å². The summed E-state index contributed by atoms with van der Waals surface area (Å²) in [7, 11) is -1.74. The molecule has 4 aromatic carbocycles. The summed E-state index contributed by atoms with van der Waals surface area (Å²) in [5.74, 6) is 0.201. The van der Waals surface area contributed by atoms with Crippen LogP contribution in [0.1, 0.15) is 63.8 Å². The molecular weight excluding hydrogens is 983 g/mol. The van der Waals surface area contributed by atoms with Gasteiger partial charge in [-0.3, -0.25) is 39.9 Å². The molecular formula is C48H61Cl2N4NaO12S2. The Kier molecular flexibility index (Phi) is 30.9. The number of aliphatic hydroxyl groups excluding tert-OH is 4. The average Bonchev–Trinajstić information content (AvgIpc) is 3.73. The van der Waals surface area contributed by atoms with Crippen LogP contribution in [0.3, 0.4) is 0 Å². The Labute approximate surface area is 443 Å². The van der Waals surface area contributed by atoms with Crippen molar-refractivity contribution in [3.05, 3.63) is 127 Å². The van der Waals surface area contributed by atoms with Crippen LogP contribution in [0.15, 0.2) is 105 Å². The van der Waals surface area contributed by atoms with E-state index in [1.165, 1.54) is 22.7 Å². The van der Waals surface area contributed by atoms with E-state index in [4.69, 9.17) is 53.4 Å². The number of para-hydroxylation sites is 2. The van der Waals surface area contributed by atoms with Crippen molar-refractivity contribution in [3.8, 4) is 11.5 Å². The number of halogens is 2. The van der Waals surface area contributed by atoms with Crippen molar-refractivity contribution in [3.63, 3.8) is 0 Å². The Bertz CT molecular complexity index is 2440. The van der Waals surface area contributed by atoms with Gasteiger partial charge in [0.1, 0.15) is 52.6 Å². The number of amidine groups is 2. The third-order valence-electron chi connectivity index (χ3n) is 9.22. The fraction of sp³-hybridized carbons (Fsp3) is 0.333. The maximum atomic E-state index is 13.3. The van der Waals surface area contributed by atoms with Crippen molar-refractivity contribution >= 4 is 91.4 Å². The Morgan fingerprint density at radius 1 is 0.710 bits per heavy atom. The molecule has 7 N–H and O–H groups in total. The summed E-state index contributed by atoms with van der Waals surface area (Å²) >= 11 is 13.9. The van der Waals surface area contributed by atoms with E-state index in [2.05, 4.69) is 9.98 Å². The molecule has 69 heavy (non-hydrogen) atoms. The van der Waals surface area contributed by atoms with Gasteiger partial charge in [-0.05, 0) is 109 Å². The standard InChI is InChI=1S/C23H25ClN2O5S.C23H25ClN2O4S.2CH4.Na.H2O2.H2O/c1-3-10-25-23-26(19-7-5-4-6-15(19)2)22(29)21(32(23)30)12-16-8-9-20(18(24)11-16)31-14-17(28)13-27;1-3-10-25-23-26(19-7-5-4-6-15(19)2)22(29)21(31-23)12-16-8-9-20(18(24)11-16)30-14-17(28)13-27;;;;1-2;/h4-9,11-12,17,27-28H,3,10,13-14H2,1-2H3;4-9,11-12,17,27-28H,3,10,13-14H2,1-2H3;2*1H4;;1-2H;1H2/q;;;;+1;;/p-1/b2*21-12-,25-23?;;;;;/t17-,32?;17-;;;;;/m11...../s1. The number of thioether (sulfide) groups is 1. The number of aliphatic imine (C=N–C) groups is 2. The molecule has 16 nitrogen and oxygen atoms in total. The molecule has 2 aliphatic rings. The quantitative estimate of drug-likeness (QED) is 0.0343. The van der Waals surface area contributed by atoms with Crippen LogP contribution in [0.2, 0.25) is 10.0 Å². The van der Waals surface area contributed by atoms with Gasteiger partial charge in [0, 0.05) is 13.1 Å². The molecule has 2 heterocycles. The second kappa shape index (κ2) is 32.8. The molecule has 6 rings (SSSR count). The van der Waals surface area contributed by atoms with E-state index < -0.39 is 35.5 Å². The number of aliphatic hydroxyl groups is 4. The minimum absolute atomic E-state index is 0. The van der Waals surface area contributed by atoms with Crippen LogP contribution in [0.5, 0.6) is 11.5 Å². The Morgan fingerprint density at radius 3 is 1.61 bits per heavy atom. The number of hydrogen-bond donors (Lipinski definition) is 6. The van der Waals surface area contributed by atoms with Crippen molar-refractivity contribution in [2.45, 2.75) is 67.6 Å². The minimum Gasteiger partial charge on any atom is -0.870 e. The number of hydrogen-bond acceptors (Lipinski definition) is 15. The first kappa shape index (κ1) is 65.0. The van der Waals surface area contributed by atoms with E-state index in [1.807, 2.05) is 70.2 Å². The topological polar surface area (TPSA) is 252 Å². The number of carbonyl (C=O) groups excluding carboxylic acids is 2. The van der Waals surface area contributed by atoms with Gasteiger partial charge in [0.15, 0.2) is 5.17 Å². The van der Waals surface area contributed by atoms with Gasteiger partial charge in [-0.15, -0.1) is 0 Å². The molecule has 0 saturated carbocycles. The van der Waals surface area contributed by atoms with Gasteiger partial charge < -0.3 is 35.4 Å². The monoisotopic (exact) mass is 1040 g/mol. The molecule has 21 heteroatoms. The predicted octanol–water partition coefficient (Wildman–Crippen LogP) is 5.67. The molecule has 0 spiro atoms. The molecule has 0 aromatic heterocycles. The number of aryl methyl sites for hydroxylation is 2. The number of amides is 2. The van der Waals surface area contributed by atoms with Crippen LogP contribution in [0, 0.1) is 13.8 Å². The van der Waals surface area contributed by atoms with Crippen LogP contribution in [-0.4, -0.2) is 115 Å². The molecule has 2 amide bonds. The van der Waals surface area contributed by atoms with Crippen molar-refractivity contribution in [2.24, 2.45) is 9.98 Å². The zero-order chi connectivity index (χ0) is 47.6. The van der Waals surface area contributed by atoms with Crippen LogP contribution in [0.25, 0.3) is 12.2 Å². The van der Waals surface area contributed by atoms with Crippen LogP contribution < -0.4 is 48.8 Å². The summed E-state index contributed by atoms with van der Waals surface area (Å²) in [5.41, 5.74) is 4.66. The number of nitrogens with zero attached hydrogens (tertiary/aromatic N) is 4. The second-order valence-corrected chi connectivity index (χ2v) is 17.4. The van der Waals surface area contributed by atoms with Gasteiger partial charge in [0.2, 0.25) is 5.17 Å². The van der Waals surface area contributed by atoms with Gasteiger partial charge in [-0.2, -0.15) is 0 Å². The number of ether oxygens (including phenoxy) is 2. The van der Waals surface area contributed by atoms with E-state index >= 15 is 0 Å². The summed E-state index contributed by atoms with van der Waals surface area (Å²) < 4.78 is 24.0. The van der Waals surface area contributed by atoms with E-state index in [1.54, 1.807) is 53.4 Å². The maximum absolute atomic E-state index is 13.3. The van der Waals surface area contributed by atoms with Crippen molar-refractivity contribution < 1.29 is 89.2 Å². The van der Waals surface area contributed by atoms with Crippen LogP contribution in [0.4, 0.5) is 11.4 Å². The zero-order valence-corrected chi connectivity index (χ0v) is 42.7. The maximum Gasteiger partial charge on any atom is 1.00 e. The smallest absolute Gasteiger partial charge is 0.870 e. The second-order valence-electron chi connectivity index (χ2n) is 14.2. The van der Waals surface area contributed by atoms with Crippen LogP contribution >= 0.6 is 35.0 Å². The predicted molar refractivity (Wildman–Crippen MR) is 275 cm³/mol. The Hall–Kier alpha value is -3.96. The molecule has 0 bridgehead atoms. The normalized spacial score (nSPS) is 17.1. The van der Waals surface area contributed by atoms with Gasteiger partial charge in [-0.1, -0.05) is 100 Å². The first-order chi connectivity index (χ1) is 31.3. The van der Waals surface area contributed by atoms with Crippen molar-refractivity contribution in [2.75, 3.05) is 49.3 Å². The minimum atomic E-state index is -1.74. The van der Waals surface area contributed by atoms with E-state index in [0.717, 1.165) is 35.2 Å². The fourth-order valence-corrected chi connectivity index (χ4v) is 8.71. The fourth-order valence-electron chi connectivity index (χ4n) is 5.98. The van der Waals surface area contributed by atoms with Crippen molar-refractivity contribution in [1.82, 2.24) is 0 Å². The van der Waals surface area contributed by atoms with E-state index in [9.17, 15) is 24.0 Å². The first-order valence-corrected chi connectivity index (χ1v) is 23.1. The first-order valence-electron chi connectivity index (χ1n) is 20.4. The summed E-state index contributed by atoms with van der Waals surface area (Å²) in [6.07, 6.45) is 2.98. The Morgan fingerprint density at radius 2 is 1.16 bits per heavy atom. The largest absolute Gasteiger partial charge is 1.00 e. The molecule has 4 aromatic rings. The molecule has 2 saturated heterocycles. The number of anilines is 2. The molecule has 372 valence electrons. The molecule has 2 aliphatic heterocycles. The zero-order valence-electron chi connectivity index (χ0n) is 37.6. The van der Waals surface area contributed by atoms with Gasteiger partial charge in [0.05, 0.1) is 39.5 Å². The number of rotatable bonds is 16. The van der Waals surface area contributed by atoms with E-state index in [0.29, 0.717) is 50.9 Å². The molecule has 2 fully saturated rings. The number of carbonyl (C=O) groups is 2. The molecule has 0 radical (unpaired) electrons. The molecule has 0 aliphatic carbocycles. The Balaban J connectivity index is 0.00000123. The van der Waals surface area contributed by atoms with Crippen LogP contribution in [-0.2, 0) is 20.4 Å². The average molecular weight is 1040 g/mol. The van der Waals surface area contributed by atoms with Gasteiger partial charge in [0.25, 0.3) is 11.8 Å². The van der Waals surface area contributed by atoms with Gasteiger partial charge >= 0.3 is 29.6 Å². The molecule has 1 unspecified atom stereocenters. The summed E-state index contributed by atoms with van der Waals surface area (Å²) in [6, 6.07) is 25.1. The van der Waals surface area contributed by atoms with Crippen molar-refractivity contribution in [1.29, 1.82) is 0 Å². The summed E-state index contributed by atoms with van der Waals surface area (Å²) in [6.45, 7) is 7.99.